The van der Waals surface area contributed by atoms with Crippen molar-refractivity contribution in [2.75, 3.05) is 23.8 Å². The van der Waals surface area contributed by atoms with Gasteiger partial charge in [-0.3, -0.25) is 4.79 Å². The first-order valence-corrected chi connectivity index (χ1v) is 8.07. The molecule has 2 rings (SSSR count). The standard InChI is InChI=1S/C12H15ClN2O3S/c1-8-7-19(17,18)6-5-15(8)12(16)9-3-2-4-10(14)11(9)13/h2-4,8H,5-7,14H2,1H3. The van der Waals surface area contributed by atoms with Gasteiger partial charge in [-0.05, 0) is 19.1 Å². The predicted molar refractivity (Wildman–Crippen MR) is 75.0 cm³/mol. The topological polar surface area (TPSA) is 80.5 Å². The summed E-state index contributed by atoms with van der Waals surface area (Å²) in [6.07, 6.45) is 0. The van der Waals surface area contributed by atoms with Gasteiger partial charge in [0.15, 0.2) is 9.84 Å². The van der Waals surface area contributed by atoms with Crippen LogP contribution in [0.2, 0.25) is 5.02 Å². The molecule has 104 valence electrons. The molecule has 5 nitrogen and oxygen atoms in total. The number of nitrogens with two attached hydrogens (primary N) is 1. The zero-order valence-electron chi connectivity index (χ0n) is 10.5. The normalized spacial score (nSPS) is 22.2. The van der Waals surface area contributed by atoms with Crippen LogP contribution >= 0.6 is 11.6 Å². The largest absolute Gasteiger partial charge is 0.398 e. The number of carbonyl (C=O) groups is 1. The van der Waals surface area contributed by atoms with Crippen LogP contribution in [0.5, 0.6) is 0 Å². The Labute approximate surface area is 117 Å². The first kappa shape index (κ1) is 14.1. The Bertz CT molecular complexity index is 615. The van der Waals surface area contributed by atoms with E-state index in [4.69, 9.17) is 17.3 Å². The number of anilines is 1. The van der Waals surface area contributed by atoms with Crippen molar-refractivity contribution in [3.05, 3.63) is 28.8 Å². The lowest BCUT2D eigenvalue weighted by atomic mass is 10.1. The average molecular weight is 303 g/mol. The molecule has 1 aromatic carbocycles. The molecule has 1 aliphatic heterocycles. The molecule has 19 heavy (non-hydrogen) atoms. The highest BCUT2D eigenvalue weighted by Crippen LogP contribution is 2.25. The minimum absolute atomic E-state index is 0.0109. The molecule has 0 bridgehead atoms. The van der Waals surface area contributed by atoms with Gasteiger partial charge in [0.25, 0.3) is 5.91 Å². The number of hydrogen-bond donors (Lipinski definition) is 1. The summed E-state index contributed by atoms with van der Waals surface area (Å²) >= 11 is 6.02. The molecule has 1 amide bonds. The Hall–Kier alpha value is -1.27. The number of hydrogen-bond acceptors (Lipinski definition) is 4. The molecule has 0 radical (unpaired) electrons. The Morgan fingerprint density at radius 3 is 2.79 bits per heavy atom. The van der Waals surface area contributed by atoms with Crippen molar-refractivity contribution in [1.29, 1.82) is 0 Å². The number of nitrogens with zero attached hydrogens (tertiary/aromatic N) is 1. The van der Waals surface area contributed by atoms with E-state index in [1.807, 2.05) is 0 Å². The summed E-state index contributed by atoms with van der Waals surface area (Å²) in [5.41, 5.74) is 6.32. The van der Waals surface area contributed by atoms with Gasteiger partial charge in [0.1, 0.15) is 0 Å². The van der Waals surface area contributed by atoms with Crippen LogP contribution in [-0.4, -0.2) is 43.3 Å². The van der Waals surface area contributed by atoms with Crippen molar-refractivity contribution in [3.8, 4) is 0 Å². The fourth-order valence-corrected chi connectivity index (χ4v) is 3.93. The molecule has 2 N–H and O–H groups in total. The Morgan fingerprint density at radius 2 is 2.16 bits per heavy atom. The number of carbonyl (C=O) groups excluding carboxylic acids is 1. The summed E-state index contributed by atoms with van der Waals surface area (Å²) in [7, 11) is -3.05. The van der Waals surface area contributed by atoms with Crippen LogP contribution in [0, 0.1) is 0 Å². The van der Waals surface area contributed by atoms with Gasteiger partial charge in [-0.1, -0.05) is 17.7 Å². The summed E-state index contributed by atoms with van der Waals surface area (Å²) in [5.74, 6) is -0.304. The van der Waals surface area contributed by atoms with Crippen LogP contribution in [0.25, 0.3) is 0 Å². The van der Waals surface area contributed by atoms with Gasteiger partial charge >= 0.3 is 0 Å². The third kappa shape index (κ3) is 2.84. The lowest BCUT2D eigenvalue weighted by molar-refractivity contribution is 0.0713. The van der Waals surface area contributed by atoms with E-state index in [2.05, 4.69) is 0 Å². The predicted octanol–water partition coefficient (Wildman–Crippen LogP) is 1.18. The van der Waals surface area contributed by atoms with E-state index in [1.165, 1.54) is 4.90 Å². The molecule has 7 heteroatoms. The highest BCUT2D eigenvalue weighted by Gasteiger charge is 2.32. The summed E-state index contributed by atoms with van der Waals surface area (Å²) in [5, 5.41) is 0.216. The zero-order valence-corrected chi connectivity index (χ0v) is 12.0. The summed E-state index contributed by atoms with van der Waals surface area (Å²) in [6.45, 7) is 1.91. The number of nitrogen functional groups attached to an aromatic ring is 1. The highest BCUT2D eigenvalue weighted by molar-refractivity contribution is 7.91. The fraction of sp³-hybridized carbons (Fsp3) is 0.417. The zero-order chi connectivity index (χ0) is 14.2. The number of rotatable bonds is 1. The molecule has 1 heterocycles. The van der Waals surface area contributed by atoms with Crippen molar-refractivity contribution in [2.24, 2.45) is 0 Å². The third-order valence-electron chi connectivity index (χ3n) is 3.19. The fourth-order valence-electron chi connectivity index (χ4n) is 2.17. The molecule has 0 aromatic heterocycles. The number of amides is 1. The highest BCUT2D eigenvalue weighted by atomic mass is 35.5. The molecule has 1 atom stereocenters. The second kappa shape index (κ2) is 5.02. The molecular formula is C12H15ClN2O3S. The van der Waals surface area contributed by atoms with Crippen LogP contribution in [0.4, 0.5) is 5.69 Å². The minimum Gasteiger partial charge on any atom is -0.398 e. The van der Waals surface area contributed by atoms with Crippen molar-refractivity contribution < 1.29 is 13.2 Å². The van der Waals surface area contributed by atoms with E-state index in [9.17, 15) is 13.2 Å². The second-order valence-electron chi connectivity index (χ2n) is 4.67. The SMILES string of the molecule is CC1CS(=O)(=O)CCN1C(=O)c1cccc(N)c1Cl. The lowest BCUT2D eigenvalue weighted by Crippen LogP contribution is -2.49. The van der Waals surface area contributed by atoms with E-state index in [0.29, 0.717) is 11.3 Å². The smallest absolute Gasteiger partial charge is 0.255 e. The average Bonchev–Trinajstić information content (AvgIpc) is 2.31. The second-order valence-corrected chi connectivity index (χ2v) is 7.28. The maximum atomic E-state index is 12.4. The van der Waals surface area contributed by atoms with Crippen molar-refractivity contribution >= 4 is 33.0 Å². The Morgan fingerprint density at radius 1 is 1.47 bits per heavy atom. The minimum atomic E-state index is -3.05. The Balaban J connectivity index is 2.28. The first-order valence-electron chi connectivity index (χ1n) is 5.87. The summed E-state index contributed by atoms with van der Waals surface area (Å²) < 4.78 is 23.0. The van der Waals surface area contributed by atoms with Crippen LogP contribution in [0.3, 0.4) is 0 Å². The van der Waals surface area contributed by atoms with Crippen molar-refractivity contribution in [3.63, 3.8) is 0 Å². The van der Waals surface area contributed by atoms with Gasteiger partial charge in [-0.25, -0.2) is 8.42 Å². The maximum Gasteiger partial charge on any atom is 0.255 e. The monoisotopic (exact) mass is 302 g/mol. The molecule has 0 saturated carbocycles. The molecule has 1 unspecified atom stereocenters. The lowest BCUT2D eigenvalue weighted by Gasteiger charge is -2.33. The van der Waals surface area contributed by atoms with E-state index >= 15 is 0 Å². The number of halogens is 1. The van der Waals surface area contributed by atoms with Crippen molar-refractivity contribution in [2.45, 2.75) is 13.0 Å². The van der Waals surface area contributed by atoms with Gasteiger partial charge < -0.3 is 10.6 Å². The molecule has 1 aliphatic rings. The molecule has 1 saturated heterocycles. The summed E-state index contributed by atoms with van der Waals surface area (Å²) in [6, 6.07) is 4.50. The van der Waals surface area contributed by atoms with Crippen LogP contribution in [-0.2, 0) is 9.84 Å². The first-order chi connectivity index (χ1) is 8.82. The quantitative estimate of drug-likeness (QED) is 0.790. The van der Waals surface area contributed by atoms with Crippen LogP contribution in [0.1, 0.15) is 17.3 Å². The van der Waals surface area contributed by atoms with E-state index < -0.39 is 9.84 Å². The van der Waals surface area contributed by atoms with Crippen LogP contribution in [0.15, 0.2) is 18.2 Å². The molecule has 1 aromatic rings. The molecule has 0 aliphatic carbocycles. The number of sulfone groups is 1. The van der Waals surface area contributed by atoms with Crippen molar-refractivity contribution in [1.82, 2.24) is 4.90 Å². The maximum absolute atomic E-state index is 12.4. The summed E-state index contributed by atoms with van der Waals surface area (Å²) in [4.78, 5) is 13.9. The third-order valence-corrected chi connectivity index (χ3v) is 5.41. The molecule has 1 fully saturated rings. The van der Waals surface area contributed by atoms with Gasteiger partial charge in [0.2, 0.25) is 0 Å². The van der Waals surface area contributed by atoms with Crippen LogP contribution < -0.4 is 5.73 Å². The number of benzene rings is 1. The van der Waals surface area contributed by atoms with Gasteiger partial charge in [0.05, 0.1) is 27.8 Å². The van der Waals surface area contributed by atoms with E-state index in [1.54, 1.807) is 25.1 Å². The van der Waals surface area contributed by atoms with Gasteiger partial charge in [0, 0.05) is 12.6 Å². The van der Waals surface area contributed by atoms with Gasteiger partial charge in [-0.15, -0.1) is 0 Å². The molecular weight excluding hydrogens is 288 g/mol. The van der Waals surface area contributed by atoms with E-state index in [0.717, 1.165) is 0 Å². The van der Waals surface area contributed by atoms with E-state index in [-0.39, 0.29) is 35.0 Å². The Kier molecular flexibility index (Phi) is 3.73. The molecule has 0 spiro atoms. The van der Waals surface area contributed by atoms with Gasteiger partial charge in [-0.2, -0.15) is 0 Å².